The molecule has 0 amide bonds. The monoisotopic (exact) mass is 312 g/mol. The molecule has 21 heavy (non-hydrogen) atoms. The summed E-state index contributed by atoms with van der Waals surface area (Å²) >= 11 is 0. The summed E-state index contributed by atoms with van der Waals surface area (Å²) in [4.78, 5) is 0. The van der Waals surface area contributed by atoms with E-state index in [1.54, 1.807) is 0 Å². The van der Waals surface area contributed by atoms with E-state index in [1.165, 1.54) is 0 Å². The van der Waals surface area contributed by atoms with Crippen molar-refractivity contribution < 1.29 is 35.1 Å². The number of halogens is 8. The normalized spacial score (nSPS) is 11.1. The van der Waals surface area contributed by atoms with Gasteiger partial charge in [-0.2, -0.15) is 0 Å². The molecule has 0 spiro atoms. The molecule has 0 nitrogen and oxygen atoms in total. The van der Waals surface area contributed by atoms with Crippen molar-refractivity contribution >= 4 is 0 Å². The molecule has 0 saturated carbocycles. The molecule has 0 bridgehead atoms. The van der Waals surface area contributed by atoms with E-state index in [4.69, 9.17) is 0 Å². The molecule has 2 aromatic rings. The zero-order chi connectivity index (χ0) is 16.1. The first-order valence-electron chi connectivity index (χ1n) is 5.34. The Labute approximate surface area is 112 Å². The maximum Gasteiger partial charge on any atom is 0.198 e. The number of rotatable bonds is 1. The first-order valence-corrected chi connectivity index (χ1v) is 5.34. The van der Waals surface area contributed by atoms with Gasteiger partial charge < -0.3 is 0 Å². The van der Waals surface area contributed by atoms with E-state index in [-0.39, 0.29) is 6.07 Å². The molecule has 0 radical (unpaired) electrons. The van der Waals surface area contributed by atoms with Gasteiger partial charge in [-0.15, -0.1) is 0 Å². The molecule has 8 heteroatoms. The van der Waals surface area contributed by atoms with Gasteiger partial charge in [-0.3, -0.25) is 0 Å². The minimum absolute atomic E-state index is 0.0238. The molecular formula is C13H4F8. The second-order valence-corrected chi connectivity index (χ2v) is 4.10. The van der Waals surface area contributed by atoms with Gasteiger partial charge >= 0.3 is 0 Å². The zero-order valence-corrected chi connectivity index (χ0v) is 10.1. The fourth-order valence-corrected chi connectivity index (χ4v) is 1.82. The van der Waals surface area contributed by atoms with Crippen molar-refractivity contribution in [2.75, 3.05) is 0 Å². The van der Waals surface area contributed by atoms with E-state index < -0.39 is 63.2 Å². The van der Waals surface area contributed by atoms with E-state index in [0.717, 1.165) is 6.92 Å². The molecule has 112 valence electrons. The summed E-state index contributed by atoms with van der Waals surface area (Å²) in [7, 11) is 0. The van der Waals surface area contributed by atoms with E-state index in [0.29, 0.717) is 0 Å². The molecule has 0 heterocycles. The Morgan fingerprint density at radius 1 is 0.571 bits per heavy atom. The average molecular weight is 312 g/mol. The van der Waals surface area contributed by atoms with Crippen LogP contribution < -0.4 is 0 Å². The van der Waals surface area contributed by atoms with Crippen LogP contribution in [-0.2, 0) is 0 Å². The zero-order valence-electron chi connectivity index (χ0n) is 10.1. The van der Waals surface area contributed by atoms with Crippen LogP contribution in [0.2, 0.25) is 0 Å². The van der Waals surface area contributed by atoms with Gasteiger partial charge in [0.1, 0.15) is 0 Å². The molecule has 0 fully saturated rings. The molecule has 0 aliphatic heterocycles. The van der Waals surface area contributed by atoms with Gasteiger partial charge in [0.15, 0.2) is 46.5 Å². The highest BCUT2D eigenvalue weighted by Crippen LogP contribution is 2.35. The molecule has 0 atom stereocenters. The molecular weight excluding hydrogens is 308 g/mol. The average Bonchev–Trinajstić information content (AvgIpc) is 2.46. The Kier molecular flexibility index (Phi) is 3.65. The van der Waals surface area contributed by atoms with Crippen molar-refractivity contribution in [3.63, 3.8) is 0 Å². The van der Waals surface area contributed by atoms with Crippen LogP contribution in [0.3, 0.4) is 0 Å². The van der Waals surface area contributed by atoms with E-state index in [9.17, 15) is 35.1 Å². The predicted molar refractivity (Wildman–Crippen MR) is 56.3 cm³/mol. The summed E-state index contributed by atoms with van der Waals surface area (Å²) in [5, 5.41) is 0. The van der Waals surface area contributed by atoms with Gasteiger partial charge in [0.25, 0.3) is 0 Å². The summed E-state index contributed by atoms with van der Waals surface area (Å²) in [6.45, 7) is 0.745. The third kappa shape index (κ3) is 2.14. The minimum Gasteiger partial charge on any atom is -0.204 e. The van der Waals surface area contributed by atoms with Crippen LogP contribution in [0.15, 0.2) is 6.07 Å². The molecule has 0 N–H and O–H groups in total. The Morgan fingerprint density at radius 2 is 1.05 bits per heavy atom. The topological polar surface area (TPSA) is 0 Å². The lowest BCUT2D eigenvalue weighted by Gasteiger charge is -2.12. The fraction of sp³-hybridized carbons (Fsp3) is 0.0769. The number of hydrogen-bond acceptors (Lipinski definition) is 0. The highest BCUT2D eigenvalue weighted by atomic mass is 19.2. The van der Waals surface area contributed by atoms with Gasteiger partial charge in [-0.1, -0.05) is 0 Å². The lowest BCUT2D eigenvalue weighted by molar-refractivity contribution is 0.402. The van der Waals surface area contributed by atoms with E-state index >= 15 is 0 Å². The smallest absolute Gasteiger partial charge is 0.198 e. The van der Waals surface area contributed by atoms with Gasteiger partial charge in [0.2, 0.25) is 0 Å². The first-order chi connectivity index (χ1) is 9.68. The van der Waals surface area contributed by atoms with Crippen LogP contribution in [-0.4, -0.2) is 0 Å². The molecule has 2 aromatic carbocycles. The summed E-state index contributed by atoms with van der Waals surface area (Å²) in [5.74, 6) is -16.7. The quantitative estimate of drug-likeness (QED) is 0.404. The summed E-state index contributed by atoms with van der Waals surface area (Å²) in [6.07, 6.45) is 0. The van der Waals surface area contributed by atoms with E-state index in [2.05, 4.69) is 0 Å². The largest absolute Gasteiger partial charge is 0.204 e. The highest BCUT2D eigenvalue weighted by Gasteiger charge is 2.28. The van der Waals surface area contributed by atoms with Crippen molar-refractivity contribution in [2.45, 2.75) is 6.92 Å². The molecule has 2 rings (SSSR count). The van der Waals surface area contributed by atoms with Crippen molar-refractivity contribution in [3.8, 4) is 11.1 Å². The third-order valence-electron chi connectivity index (χ3n) is 2.87. The van der Waals surface area contributed by atoms with Gasteiger partial charge in [-0.05, 0) is 18.6 Å². The molecule has 0 unspecified atom stereocenters. The maximum atomic E-state index is 13.6. The van der Waals surface area contributed by atoms with Crippen LogP contribution in [0, 0.1) is 53.5 Å². The number of benzene rings is 2. The molecule has 0 aliphatic rings. The Morgan fingerprint density at radius 3 is 1.62 bits per heavy atom. The van der Waals surface area contributed by atoms with Gasteiger partial charge in [0, 0.05) is 11.1 Å². The van der Waals surface area contributed by atoms with Gasteiger partial charge in [0.05, 0.1) is 0 Å². The fourth-order valence-electron chi connectivity index (χ4n) is 1.82. The maximum absolute atomic E-state index is 13.6. The Hall–Kier alpha value is -2.12. The summed E-state index contributed by atoms with van der Waals surface area (Å²) in [6, 6.07) is 0.0238. The standard InChI is InChI=1S/C13H4F8/c1-3-6(10(18)13(21)11(19)7(3)15)4-2-5(14)9(17)12(20)8(4)16/h2H,1H3. The Bertz CT molecular complexity index is 722. The third-order valence-corrected chi connectivity index (χ3v) is 2.87. The highest BCUT2D eigenvalue weighted by molar-refractivity contribution is 5.69. The SMILES string of the molecule is Cc1c(F)c(F)c(F)c(F)c1-c1cc(F)c(F)c(F)c1F. The molecule has 0 saturated heterocycles. The minimum atomic E-state index is -2.28. The van der Waals surface area contributed by atoms with Crippen LogP contribution in [0.1, 0.15) is 5.56 Å². The first kappa shape index (κ1) is 15.3. The summed E-state index contributed by atoms with van der Waals surface area (Å²) in [5.41, 5.74) is -3.42. The lowest BCUT2D eigenvalue weighted by atomic mass is 9.97. The van der Waals surface area contributed by atoms with Crippen molar-refractivity contribution in [3.05, 3.63) is 58.2 Å². The lowest BCUT2D eigenvalue weighted by Crippen LogP contribution is -2.06. The van der Waals surface area contributed by atoms with Crippen molar-refractivity contribution in [1.29, 1.82) is 0 Å². The molecule has 0 aliphatic carbocycles. The van der Waals surface area contributed by atoms with Crippen LogP contribution in [0.5, 0.6) is 0 Å². The second kappa shape index (κ2) is 5.01. The Balaban J connectivity index is 2.93. The van der Waals surface area contributed by atoms with E-state index in [1.807, 2.05) is 0 Å². The van der Waals surface area contributed by atoms with Gasteiger partial charge in [-0.25, -0.2) is 35.1 Å². The second-order valence-electron chi connectivity index (χ2n) is 4.10. The van der Waals surface area contributed by atoms with Crippen LogP contribution >= 0.6 is 0 Å². The van der Waals surface area contributed by atoms with Crippen LogP contribution in [0.4, 0.5) is 35.1 Å². The van der Waals surface area contributed by atoms with Crippen molar-refractivity contribution in [2.24, 2.45) is 0 Å². The van der Waals surface area contributed by atoms with Crippen molar-refractivity contribution in [1.82, 2.24) is 0 Å². The predicted octanol–water partition coefficient (Wildman–Crippen LogP) is 4.77. The van der Waals surface area contributed by atoms with Crippen LogP contribution in [0.25, 0.3) is 11.1 Å². The molecule has 0 aromatic heterocycles. The summed E-state index contributed by atoms with van der Waals surface area (Å²) < 4.78 is 106. The number of hydrogen-bond donors (Lipinski definition) is 0.